The van der Waals surface area contributed by atoms with Crippen LogP contribution in [0.4, 0.5) is 0 Å². The van der Waals surface area contributed by atoms with Crippen molar-refractivity contribution in [1.29, 1.82) is 0 Å². The van der Waals surface area contributed by atoms with Gasteiger partial charge in [0.1, 0.15) is 0 Å². The molecule has 1 aromatic carbocycles. The molecule has 1 saturated heterocycles. The lowest BCUT2D eigenvalue weighted by atomic mass is 9.79. The van der Waals surface area contributed by atoms with E-state index >= 15 is 0 Å². The van der Waals surface area contributed by atoms with Crippen molar-refractivity contribution in [2.24, 2.45) is 5.41 Å². The van der Waals surface area contributed by atoms with Gasteiger partial charge in [0.15, 0.2) is 11.4 Å². The highest BCUT2D eigenvalue weighted by molar-refractivity contribution is 5.94. The van der Waals surface area contributed by atoms with Crippen molar-refractivity contribution >= 4 is 5.91 Å². The summed E-state index contributed by atoms with van der Waals surface area (Å²) in [7, 11) is 1.68. The summed E-state index contributed by atoms with van der Waals surface area (Å²) in [5.74, 6) is -0.0589. The standard InChI is InChI=1S/C21H30N4O3/c1-15(2)16-4-6-17(7-5-16)25-12-18(26)19(24-25)20(27)23-13-21(14-28-3)8-10-22-11-9-21/h4-7,12,15,22,26H,8-11,13-14H2,1-3H3,(H,23,27). The van der Waals surface area contributed by atoms with Gasteiger partial charge in [0.2, 0.25) is 0 Å². The van der Waals surface area contributed by atoms with E-state index in [2.05, 4.69) is 29.6 Å². The molecule has 2 heterocycles. The largest absolute Gasteiger partial charge is 0.504 e. The number of nitrogens with one attached hydrogen (secondary N) is 2. The molecule has 3 N–H and O–H groups in total. The zero-order valence-electron chi connectivity index (χ0n) is 16.9. The van der Waals surface area contributed by atoms with Crippen molar-refractivity contribution in [3.63, 3.8) is 0 Å². The van der Waals surface area contributed by atoms with Crippen LogP contribution in [0.1, 0.15) is 48.7 Å². The van der Waals surface area contributed by atoms with Gasteiger partial charge in [-0.3, -0.25) is 4.79 Å². The average molecular weight is 386 g/mol. The van der Waals surface area contributed by atoms with Crippen molar-refractivity contribution in [2.45, 2.75) is 32.6 Å². The lowest BCUT2D eigenvalue weighted by molar-refractivity contribution is 0.0510. The van der Waals surface area contributed by atoms with Crippen molar-refractivity contribution in [3.05, 3.63) is 41.7 Å². The van der Waals surface area contributed by atoms with Crippen LogP contribution in [0.15, 0.2) is 30.5 Å². The maximum Gasteiger partial charge on any atom is 0.275 e. The molecule has 1 fully saturated rings. The summed E-state index contributed by atoms with van der Waals surface area (Å²) < 4.78 is 6.92. The Kier molecular flexibility index (Phi) is 6.36. The minimum Gasteiger partial charge on any atom is -0.504 e. The van der Waals surface area contributed by atoms with E-state index in [9.17, 15) is 9.90 Å². The number of aromatic nitrogens is 2. The van der Waals surface area contributed by atoms with Crippen molar-refractivity contribution in [1.82, 2.24) is 20.4 Å². The number of methoxy groups -OCH3 is 1. The SMILES string of the molecule is COCC1(CNC(=O)c2nn(-c3ccc(C(C)C)cc3)cc2O)CCNCC1. The van der Waals surface area contributed by atoms with Crippen molar-refractivity contribution < 1.29 is 14.6 Å². The topological polar surface area (TPSA) is 88.4 Å². The number of nitrogens with zero attached hydrogens (tertiary/aromatic N) is 2. The Morgan fingerprint density at radius 3 is 2.61 bits per heavy atom. The number of piperidine rings is 1. The second-order valence-corrected chi connectivity index (χ2v) is 7.92. The number of amides is 1. The maximum atomic E-state index is 12.6. The van der Waals surface area contributed by atoms with Crippen LogP contribution in [-0.2, 0) is 4.74 Å². The fourth-order valence-electron chi connectivity index (χ4n) is 3.66. The minimum absolute atomic E-state index is 0.0365. The van der Waals surface area contributed by atoms with Crippen molar-refractivity contribution in [3.8, 4) is 11.4 Å². The summed E-state index contributed by atoms with van der Waals surface area (Å²) in [6.45, 7) is 7.18. The van der Waals surface area contributed by atoms with Gasteiger partial charge in [0.05, 0.1) is 18.5 Å². The van der Waals surface area contributed by atoms with Crippen LogP contribution in [0, 0.1) is 5.41 Å². The molecular formula is C21H30N4O3. The first-order chi connectivity index (χ1) is 13.4. The van der Waals surface area contributed by atoms with E-state index in [1.54, 1.807) is 7.11 Å². The fraction of sp³-hybridized carbons (Fsp3) is 0.524. The molecule has 0 spiro atoms. The van der Waals surface area contributed by atoms with Gasteiger partial charge in [-0.2, -0.15) is 5.10 Å². The molecule has 3 rings (SSSR count). The molecule has 0 unspecified atom stereocenters. The van der Waals surface area contributed by atoms with Crippen LogP contribution < -0.4 is 10.6 Å². The molecule has 7 nitrogen and oxygen atoms in total. The summed E-state index contributed by atoms with van der Waals surface area (Å²) in [5.41, 5.74) is 1.98. The first-order valence-electron chi connectivity index (χ1n) is 9.81. The molecule has 0 aliphatic carbocycles. The van der Waals surface area contributed by atoms with Crippen LogP contribution in [-0.4, -0.2) is 54.1 Å². The van der Waals surface area contributed by atoms with E-state index in [0.717, 1.165) is 31.6 Å². The predicted molar refractivity (Wildman–Crippen MR) is 108 cm³/mol. The number of aromatic hydroxyl groups is 1. The molecule has 0 bridgehead atoms. The smallest absolute Gasteiger partial charge is 0.275 e. The number of benzene rings is 1. The normalized spacial score (nSPS) is 16.3. The monoisotopic (exact) mass is 386 g/mol. The Balaban J connectivity index is 1.70. The first-order valence-corrected chi connectivity index (χ1v) is 9.81. The fourth-order valence-corrected chi connectivity index (χ4v) is 3.66. The highest BCUT2D eigenvalue weighted by Gasteiger charge is 2.33. The highest BCUT2D eigenvalue weighted by atomic mass is 16.5. The van der Waals surface area contributed by atoms with Crippen molar-refractivity contribution in [2.75, 3.05) is 33.4 Å². The average Bonchev–Trinajstić information content (AvgIpc) is 3.09. The molecule has 1 aliphatic heterocycles. The number of hydrogen-bond donors (Lipinski definition) is 3. The number of ether oxygens (including phenoxy) is 1. The van der Waals surface area contributed by atoms with Gasteiger partial charge in [0.25, 0.3) is 5.91 Å². The predicted octanol–water partition coefficient (Wildman–Crippen LogP) is 2.45. The number of rotatable bonds is 7. The quantitative estimate of drug-likeness (QED) is 0.680. The summed E-state index contributed by atoms with van der Waals surface area (Å²) in [5, 5.41) is 20.8. The lowest BCUT2D eigenvalue weighted by Crippen LogP contribution is -2.47. The molecule has 2 aromatic rings. The molecule has 0 saturated carbocycles. The second kappa shape index (κ2) is 8.75. The Morgan fingerprint density at radius 2 is 2.00 bits per heavy atom. The van der Waals surface area contributed by atoms with E-state index in [1.165, 1.54) is 16.4 Å². The summed E-state index contributed by atoms with van der Waals surface area (Å²) in [4.78, 5) is 12.6. The zero-order valence-corrected chi connectivity index (χ0v) is 16.9. The number of carbonyl (C=O) groups excluding carboxylic acids is 1. The van der Waals surface area contributed by atoms with E-state index in [4.69, 9.17) is 4.74 Å². The van der Waals surface area contributed by atoms with Gasteiger partial charge in [-0.25, -0.2) is 4.68 Å². The molecule has 1 amide bonds. The van der Waals surface area contributed by atoms with Gasteiger partial charge in [-0.05, 0) is 49.5 Å². The summed E-state index contributed by atoms with van der Waals surface area (Å²) >= 11 is 0. The lowest BCUT2D eigenvalue weighted by Gasteiger charge is -2.37. The molecule has 7 heteroatoms. The molecule has 0 radical (unpaired) electrons. The molecular weight excluding hydrogens is 356 g/mol. The molecule has 0 atom stereocenters. The zero-order chi connectivity index (χ0) is 20.1. The third-order valence-electron chi connectivity index (χ3n) is 5.47. The Morgan fingerprint density at radius 1 is 1.32 bits per heavy atom. The van der Waals surface area contributed by atoms with E-state index in [1.807, 2.05) is 24.3 Å². The van der Waals surface area contributed by atoms with Gasteiger partial charge < -0.3 is 20.5 Å². The Hall–Kier alpha value is -2.38. The highest BCUT2D eigenvalue weighted by Crippen LogP contribution is 2.28. The number of carbonyl (C=O) groups is 1. The van der Waals surface area contributed by atoms with Gasteiger partial charge in [0, 0.05) is 19.1 Å². The third-order valence-corrected chi connectivity index (χ3v) is 5.47. The summed E-state index contributed by atoms with van der Waals surface area (Å²) in [6.07, 6.45) is 3.34. The second-order valence-electron chi connectivity index (χ2n) is 7.92. The third kappa shape index (κ3) is 4.54. The molecule has 152 valence electrons. The molecule has 1 aliphatic rings. The van der Waals surface area contributed by atoms with Crippen LogP contribution in [0.2, 0.25) is 0 Å². The Bertz CT molecular complexity index is 787. The van der Waals surface area contributed by atoms with Crippen LogP contribution in [0.3, 0.4) is 0 Å². The van der Waals surface area contributed by atoms with Gasteiger partial charge in [-0.1, -0.05) is 26.0 Å². The van der Waals surface area contributed by atoms with Gasteiger partial charge >= 0.3 is 0 Å². The van der Waals surface area contributed by atoms with Crippen LogP contribution >= 0.6 is 0 Å². The van der Waals surface area contributed by atoms with Crippen LogP contribution in [0.5, 0.6) is 5.75 Å². The van der Waals surface area contributed by atoms with Gasteiger partial charge in [-0.15, -0.1) is 0 Å². The first kappa shape index (κ1) is 20.4. The Labute approximate surface area is 166 Å². The number of hydrogen-bond acceptors (Lipinski definition) is 5. The maximum absolute atomic E-state index is 12.6. The molecule has 1 aromatic heterocycles. The van der Waals surface area contributed by atoms with E-state index in [0.29, 0.717) is 19.1 Å². The molecule has 28 heavy (non-hydrogen) atoms. The minimum atomic E-state index is -0.371. The van der Waals surface area contributed by atoms with Crippen LogP contribution in [0.25, 0.3) is 5.69 Å². The van der Waals surface area contributed by atoms with E-state index < -0.39 is 0 Å². The van der Waals surface area contributed by atoms with E-state index in [-0.39, 0.29) is 22.8 Å². The summed E-state index contributed by atoms with van der Waals surface area (Å²) in [6, 6.07) is 7.94.